The third kappa shape index (κ3) is 5.57. The number of rotatable bonds is 7. The van der Waals surface area contributed by atoms with Gasteiger partial charge in [0.2, 0.25) is 0 Å². The molecule has 0 aliphatic heterocycles. The van der Waals surface area contributed by atoms with Crippen LogP contribution in [0.4, 0.5) is 0 Å². The van der Waals surface area contributed by atoms with Crippen molar-refractivity contribution >= 4 is 67.7 Å². The fourth-order valence-corrected chi connectivity index (χ4v) is 12.6. The molecule has 0 spiro atoms. The van der Waals surface area contributed by atoms with Crippen LogP contribution >= 0.6 is 14.3 Å². The molecule has 49 heavy (non-hydrogen) atoms. The van der Waals surface area contributed by atoms with Crippen molar-refractivity contribution in [3.63, 3.8) is 0 Å². The minimum absolute atomic E-state index is 0. The molecule has 2 nitrogen and oxygen atoms in total. The summed E-state index contributed by atoms with van der Waals surface area (Å²) in [6, 6.07) is 64.8. The summed E-state index contributed by atoms with van der Waals surface area (Å²) in [7, 11) is -7.00. The van der Waals surface area contributed by atoms with Gasteiger partial charge in [0.15, 0.2) is 7.14 Å². The summed E-state index contributed by atoms with van der Waals surface area (Å²) in [6.07, 6.45) is 0. The zero-order valence-corrected chi connectivity index (χ0v) is 28.9. The van der Waals surface area contributed by atoms with Crippen LogP contribution in [0.1, 0.15) is 0 Å². The first kappa shape index (κ1) is 32.9. The zero-order valence-electron chi connectivity index (χ0n) is 27.1. The van der Waals surface area contributed by atoms with Crippen LogP contribution in [0.5, 0.6) is 0 Å². The van der Waals surface area contributed by atoms with Crippen molar-refractivity contribution in [1.29, 1.82) is 0 Å². The van der Waals surface area contributed by atoms with Crippen molar-refractivity contribution in [2.45, 2.75) is 0 Å². The summed E-state index contributed by atoms with van der Waals surface area (Å²) in [4.78, 5) is 0. The van der Waals surface area contributed by atoms with Crippen LogP contribution in [0, 0.1) is 6.07 Å². The largest absolute Gasteiger partial charge is 1.00 e. The molecular weight excluding hydrogens is 629 g/mol. The van der Waals surface area contributed by atoms with E-state index in [9.17, 15) is 0 Å². The quantitative estimate of drug-likeness (QED) is 0.124. The number of fused-ring (bicyclic) bond motifs is 2. The first-order chi connectivity index (χ1) is 23.6. The average molecular weight is 661 g/mol. The van der Waals surface area contributed by atoms with E-state index in [1.807, 2.05) is 152 Å². The smallest absolute Gasteiger partial charge is 0.311 e. The Bertz CT molecular complexity index is 2240. The van der Waals surface area contributed by atoms with Gasteiger partial charge in [-0.05, 0) is 33.7 Å². The molecule has 0 radical (unpaired) electrons. The predicted molar refractivity (Wildman–Crippen MR) is 205 cm³/mol. The van der Waals surface area contributed by atoms with Gasteiger partial charge in [-0.2, -0.15) is 30.3 Å². The van der Waals surface area contributed by atoms with Crippen molar-refractivity contribution in [2.24, 2.45) is 0 Å². The fraction of sp³-hybridized carbons (Fsp3) is 0. The summed E-state index contributed by atoms with van der Waals surface area (Å²) in [5.41, 5.74) is 1.67. The number of hydrogen-bond donors (Lipinski definition) is 0. The van der Waals surface area contributed by atoms with Crippen molar-refractivity contribution in [2.75, 3.05) is 0 Å². The van der Waals surface area contributed by atoms with Crippen molar-refractivity contribution in [3.05, 3.63) is 194 Å². The van der Waals surface area contributed by atoms with E-state index in [-0.39, 0.29) is 18.9 Å². The van der Waals surface area contributed by atoms with Gasteiger partial charge in [-0.1, -0.05) is 157 Å². The molecule has 0 aromatic heterocycles. The van der Waals surface area contributed by atoms with E-state index in [4.69, 9.17) is 0 Å². The maximum absolute atomic E-state index is 16.2. The molecule has 0 aliphatic carbocycles. The number of hydrogen-bond acceptors (Lipinski definition) is 2. The molecule has 0 aliphatic rings. The molecule has 0 heterocycles. The monoisotopic (exact) mass is 660 g/mol. The van der Waals surface area contributed by atoms with Gasteiger partial charge >= 0.3 is 18.9 Å². The van der Waals surface area contributed by atoms with E-state index < -0.39 is 14.3 Å². The standard InChI is InChI=1S/C44H31O2P2.Li/c45-47(35-19-5-1-6-20-35,36-21-7-2-8-22-36)41-31-29-33-17-13-15-27-39(33)43(41)44-40-28-16-14-18-34(40)30-32-42(44)48(46,37-23-9-3-10-24-37)38-25-11-4-12-26-38;/h1-25,27-32H;/q-1;+1. The second kappa shape index (κ2) is 13.7. The molecule has 0 N–H and O–H groups in total. The molecule has 0 fully saturated rings. The maximum atomic E-state index is 16.2. The van der Waals surface area contributed by atoms with Crippen molar-refractivity contribution in [1.82, 2.24) is 0 Å². The molecule has 8 aromatic rings. The maximum Gasteiger partial charge on any atom is 1.00 e. The Hall–Kier alpha value is -4.66. The van der Waals surface area contributed by atoms with Crippen LogP contribution in [0.2, 0.25) is 0 Å². The fourth-order valence-electron chi connectivity index (χ4n) is 6.90. The zero-order chi connectivity index (χ0) is 32.6. The van der Waals surface area contributed by atoms with E-state index in [0.29, 0.717) is 15.9 Å². The Morgan fingerprint density at radius 1 is 0.367 bits per heavy atom. The molecule has 1 unspecified atom stereocenters. The molecule has 5 heteroatoms. The third-order valence-electron chi connectivity index (χ3n) is 9.13. The van der Waals surface area contributed by atoms with E-state index >= 15 is 9.13 Å². The summed E-state index contributed by atoms with van der Waals surface area (Å²) in [5, 5.41) is 8.19. The van der Waals surface area contributed by atoms with E-state index in [1.165, 1.54) is 0 Å². The van der Waals surface area contributed by atoms with Gasteiger partial charge in [-0.25, -0.2) is 0 Å². The van der Waals surface area contributed by atoms with Gasteiger partial charge in [0.05, 0.1) is 0 Å². The molecular formula is C44H31LiO2P2. The van der Waals surface area contributed by atoms with Crippen molar-refractivity contribution < 1.29 is 28.0 Å². The van der Waals surface area contributed by atoms with E-state index in [1.54, 1.807) is 0 Å². The molecule has 230 valence electrons. The van der Waals surface area contributed by atoms with Crippen LogP contribution in [-0.4, -0.2) is 0 Å². The average Bonchev–Trinajstić information content (AvgIpc) is 3.18. The molecule has 0 amide bonds. The van der Waals surface area contributed by atoms with Crippen LogP contribution < -0.4 is 50.7 Å². The molecule has 1 atom stereocenters. The summed E-state index contributed by atoms with van der Waals surface area (Å²) in [5.74, 6) is 0. The summed E-state index contributed by atoms with van der Waals surface area (Å²) >= 11 is 0. The summed E-state index contributed by atoms with van der Waals surface area (Å²) < 4.78 is 32.4. The first-order valence-electron chi connectivity index (χ1n) is 16.0. The van der Waals surface area contributed by atoms with Gasteiger partial charge in [-0.3, -0.25) is 0 Å². The molecule has 0 saturated heterocycles. The SMILES string of the molecule is O=P(c1[c-]cccc1)(c1ccccc1)c1ccc2ccccc2c1-c1c(P(=O)(c2ccccc2)c2ccccc2)ccc2ccccc12.[Li+]. The van der Waals surface area contributed by atoms with Crippen LogP contribution in [0.25, 0.3) is 32.7 Å². The Morgan fingerprint density at radius 2 is 0.755 bits per heavy atom. The normalized spacial score (nSPS) is 12.7. The Balaban J connectivity index is 0.00000378. The van der Waals surface area contributed by atoms with Gasteiger partial charge in [0.25, 0.3) is 0 Å². The molecule has 0 saturated carbocycles. The predicted octanol–water partition coefficient (Wildman–Crippen LogP) is 5.74. The van der Waals surface area contributed by atoms with Gasteiger partial charge in [0.1, 0.15) is 7.14 Å². The van der Waals surface area contributed by atoms with Crippen LogP contribution in [-0.2, 0) is 9.13 Å². The Kier molecular flexibility index (Phi) is 9.18. The first-order valence-corrected chi connectivity index (χ1v) is 19.4. The molecule has 0 bridgehead atoms. The Labute approximate surface area is 299 Å². The topological polar surface area (TPSA) is 34.1 Å². The third-order valence-corrected chi connectivity index (χ3v) is 15.3. The van der Waals surface area contributed by atoms with Crippen LogP contribution in [0.3, 0.4) is 0 Å². The van der Waals surface area contributed by atoms with E-state index in [2.05, 4.69) is 42.5 Å². The molecule has 8 rings (SSSR count). The summed E-state index contributed by atoms with van der Waals surface area (Å²) in [6.45, 7) is 0. The Morgan fingerprint density at radius 3 is 1.20 bits per heavy atom. The van der Waals surface area contributed by atoms with Crippen molar-refractivity contribution in [3.8, 4) is 11.1 Å². The molecule has 8 aromatic carbocycles. The second-order valence-corrected chi connectivity index (χ2v) is 17.3. The van der Waals surface area contributed by atoms with Gasteiger partial charge in [0, 0.05) is 37.6 Å². The van der Waals surface area contributed by atoms with E-state index in [0.717, 1.165) is 48.6 Å². The second-order valence-electron chi connectivity index (χ2n) is 11.8. The van der Waals surface area contributed by atoms with Gasteiger partial charge < -0.3 is 9.13 Å². The van der Waals surface area contributed by atoms with Crippen LogP contribution in [0.15, 0.2) is 188 Å². The number of benzene rings is 8. The van der Waals surface area contributed by atoms with Gasteiger partial charge in [-0.15, -0.1) is 0 Å². The minimum Gasteiger partial charge on any atom is -0.311 e. The minimum atomic E-state index is -3.52.